The van der Waals surface area contributed by atoms with Gasteiger partial charge in [0.05, 0.1) is 28.8 Å². The fourth-order valence-corrected chi connectivity index (χ4v) is 5.30. The first-order valence-electron chi connectivity index (χ1n) is 12.9. The van der Waals surface area contributed by atoms with Crippen molar-refractivity contribution in [2.45, 2.75) is 50.2 Å². The maximum absolute atomic E-state index is 14.0. The first-order valence-corrected chi connectivity index (χ1v) is 12.9. The summed E-state index contributed by atoms with van der Waals surface area (Å²) in [5.74, 6) is -1.14. The normalized spacial score (nSPS) is 20.8. The largest absolute Gasteiger partial charge is 0.348 e. The van der Waals surface area contributed by atoms with Crippen molar-refractivity contribution in [1.82, 2.24) is 5.32 Å². The van der Waals surface area contributed by atoms with Crippen LogP contribution in [0, 0.1) is 10.1 Å². The SMILES string of the molecule is NC1CCCCC1NC(=O)c1ccc2c(c1)NC(=O)CC(c1ccccc1)N2C(=O)c1cccc([N+](=O)[O-])c1. The monoisotopic (exact) mass is 527 g/mol. The number of carbonyl (C=O) groups is 3. The molecule has 2 aliphatic rings. The average Bonchev–Trinajstić information content (AvgIpc) is 3.09. The summed E-state index contributed by atoms with van der Waals surface area (Å²) in [5.41, 5.74) is 7.85. The number of nitrogens with two attached hydrogens (primary N) is 1. The summed E-state index contributed by atoms with van der Waals surface area (Å²) in [4.78, 5) is 52.4. The van der Waals surface area contributed by atoms with Crippen LogP contribution in [-0.2, 0) is 4.79 Å². The lowest BCUT2D eigenvalue weighted by molar-refractivity contribution is -0.384. The molecule has 39 heavy (non-hydrogen) atoms. The second kappa shape index (κ2) is 11.0. The molecule has 3 aromatic rings. The van der Waals surface area contributed by atoms with Crippen molar-refractivity contribution in [3.63, 3.8) is 0 Å². The van der Waals surface area contributed by atoms with E-state index in [1.807, 2.05) is 30.3 Å². The van der Waals surface area contributed by atoms with Crippen LogP contribution in [0.15, 0.2) is 72.8 Å². The number of nitrogens with zero attached hydrogens (tertiary/aromatic N) is 2. The standard InChI is InChI=1S/C29H29N5O5/c30-22-11-4-5-12-23(22)32-28(36)19-13-14-25-24(16-19)31-27(35)17-26(18-7-2-1-3-8-18)33(25)29(37)20-9-6-10-21(15-20)34(38)39/h1-3,6-10,13-16,22-23,26H,4-5,11-12,17,30H2,(H,31,35)(H,32,36). The van der Waals surface area contributed by atoms with E-state index in [0.29, 0.717) is 16.9 Å². The predicted molar refractivity (Wildman–Crippen MR) is 146 cm³/mol. The lowest BCUT2D eigenvalue weighted by Gasteiger charge is -2.31. The average molecular weight is 528 g/mol. The minimum absolute atomic E-state index is 0.0438. The van der Waals surface area contributed by atoms with Crippen molar-refractivity contribution in [3.8, 4) is 0 Å². The Balaban J connectivity index is 1.55. The molecule has 10 heteroatoms. The number of benzene rings is 3. The zero-order valence-corrected chi connectivity index (χ0v) is 21.2. The molecule has 200 valence electrons. The zero-order valence-electron chi connectivity index (χ0n) is 21.2. The Bertz CT molecular complexity index is 1430. The van der Waals surface area contributed by atoms with E-state index in [1.165, 1.54) is 29.2 Å². The van der Waals surface area contributed by atoms with E-state index in [-0.39, 0.29) is 41.6 Å². The van der Waals surface area contributed by atoms with Crippen LogP contribution >= 0.6 is 0 Å². The van der Waals surface area contributed by atoms with E-state index in [2.05, 4.69) is 10.6 Å². The highest BCUT2D eigenvalue weighted by Crippen LogP contribution is 2.40. The number of anilines is 2. The molecule has 0 saturated heterocycles. The van der Waals surface area contributed by atoms with Gasteiger partial charge in [-0.15, -0.1) is 0 Å². The fraction of sp³-hybridized carbons (Fsp3) is 0.276. The second-order valence-corrected chi connectivity index (χ2v) is 9.92. The number of carbonyl (C=O) groups excluding carboxylic acids is 3. The summed E-state index contributed by atoms with van der Waals surface area (Å²) in [6, 6.07) is 18.5. The van der Waals surface area contributed by atoms with Crippen LogP contribution < -0.4 is 21.3 Å². The molecule has 4 N–H and O–H groups in total. The molecule has 0 bridgehead atoms. The number of amides is 3. The molecule has 1 aliphatic heterocycles. The van der Waals surface area contributed by atoms with E-state index in [0.717, 1.165) is 31.2 Å². The summed E-state index contributed by atoms with van der Waals surface area (Å²) in [5, 5.41) is 17.2. The number of hydrogen-bond acceptors (Lipinski definition) is 6. The Labute approximate surface area is 225 Å². The predicted octanol–water partition coefficient (Wildman–Crippen LogP) is 4.32. The van der Waals surface area contributed by atoms with Gasteiger partial charge in [0, 0.05) is 35.3 Å². The molecule has 5 rings (SSSR count). The third-order valence-electron chi connectivity index (χ3n) is 7.33. The van der Waals surface area contributed by atoms with Gasteiger partial charge in [0.15, 0.2) is 0 Å². The molecular weight excluding hydrogens is 498 g/mol. The van der Waals surface area contributed by atoms with Gasteiger partial charge in [0.2, 0.25) is 5.91 Å². The zero-order chi connectivity index (χ0) is 27.5. The lowest BCUT2D eigenvalue weighted by atomic mass is 9.91. The van der Waals surface area contributed by atoms with Gasteiger partial charge in [-0.25, -0.2) is 0 Å². The summed E-state index contributed by atoms with van der Waals surface area (Å²) in [6.07, 6.45) is 3.64. The Kier molecular flexibility index (Phi) is 7.38. The fourth-order valence-electron chi connectivity index (χ4n) is 5.30. The van der Waals surface area contributed by atoms with Gasteiger partial charge in [0.25, 0.3) is 17.5 Å². The van der Waals surface area contributed by atoms with Gasteiger partial charge in [-0.2, -0.15) is 0 Å². The van der Waals surface area contributed by atoms with Gasteiger partial charge in [-0.1, -0.05) is 49.2 Å². The Morgan fingerprint density at radius 2 is 1.74 bits per heavy atom. The van der Waals surface area contributed by atoms with E-state index in [4.69, 9.17) is 5.73 Å². The van der Waals surface area contributed by atoms with Gasteiger partial charge in [-0.3, -0.25) is 29.4 Å². The number of hydrogen-bond donors (Lipinski definition) is 3. The summed E-state index contributed by atoms with van der Waals surface area (Å²) in [7, 11) is 0. The summed E-state index contributed by atoms with van der Waals surface area (Å²) >= 11 is 0. The molecule has 3 atom stereocenters. The van der Waals surface area contributed by atoms with Crippen LogP contribution in [0.4, 0.5) is 17.1 Å². The highest BCUT2D eigenvalue weighted by molar-refractivity contribution is 6.12. The van der Waals surface area contributed by atoms with E-state index >= 15 is 0 Å². The molecule has 1 saturated carbocycles. The minimum atomic E-state index is -0.681. The first kappa shape index (κ1) is 26.1. The van der Waals surface area contributed by atoms with Crippen LogP contribution in [-0.4, -0.2) is 34.7 Å². The number of fused-ring (bicyclic) bond motifs is 1. The molecule has 1 fully saturated rings. The highest BCUT2D eigenvalue weighted by atomic mass is 16.6. The van der Waals surface area contributed by atoms with Gasteiger partial charge < -0.3 is 16.4 Å². The molecule has 0 radical (unpaired) electrons. The number of nitro benzene ring substituents is 1. The van der Waals surface area contributed by atoms with Crippen LogP contribution in [0.3, 0.4) is 0 Å². The molecular formula is C29H29N5O5. The van der Waals surface area contributed by atoms with Crippen LogP contribution in [0.2, 0.25) is 0 Å². The molecule has 10 nitrogen and oxygen atoms in total. The quantitative estimate of drug-likeness (QED) is 0.332. The Morgan fingerprint density at radius 3 is 2.49 bits per heavy atom. The van der Waals surface area contributed by atoms with Gasteiger partial charge in [-0.05, 0) is 42.7 Å². The maximum Gasteiger partial charge on any atom is 0.270 e. The smallest absolute Gasteiger partial charge is 0.270 e. The van der Waals surface area contributed by atoms with Gasteiger partial charge in [0.1, 0.15) is 0 Å². The van der Waals surface area contributed by atoms with Crippen molar-refractivity contribution < 1.29 is 19.3 Å². The first-order chi connectivity index (χ1) is 18.8. The van der Waals surface area contributed by atoms with Crippen molar-refractivity contribution in [2.24, 2.45) is 5.73 Å². The molecule has 0 aromatic heterocycles. The van der Waals surface area contributed by atoms with Crippen molar-refractivity contribution >= 4 is 34.8 Å². The summed E-state index contributed by atoms with van der Waals surface area (Å²) < 4.78 is 0. The highest BCUT2D eigenvalue weighted by Gasteiger charge is 2.35. The molecule has 0 spiro atoms. The van der Waals surface area contributed by atoms with Crippen molar-refractivity contribution in [2.75, 3.05) is 10.2 Å². The number of rotatable bonds is 5. The summed E-state index contributed by atoms with van der Waals surface area (Å²) in [6.45, 7) is 0. The number of nitro groups is 1. The third kappa shape index (κ3) is 5.51. The van der Waals surface area contributed by atoms with Gasteiger partial charge >= 0.3 is 0 Å². The molecule has 1 heterocycles. The Morgan fingerprint density at radius 1 is 0.974 bits per heavy atom. The van der Waals surface area contributed by atoms with E-state index < -0.39 is 16.9 Å². The number of nitrogens with one attached hydrogen (secondary N) is 2. The van der Waals surface area contributed by atoms with Crippen LogP contribution in [0.5, 0.6) is 0 Å². The maximum atomic E-state index is 14.0. The van der Waals surface area contributed by atoms with Crippen LogP contribution in [0.25, 0.3) is 0 Å². The topological polar surface area (TPSA) is 148 Å². The lowest BCUT2D eigenvalue weighted by Crippen LogP contribution is -2.49. The van der Waals surface area contributed by atoms with Crippen LogP contribution in [0.1, 0.15) is 64.4 Å². The third-order valence-corrected chi connectivity index (χ3v) is 7.33. The molecule has 1 aliphatic carbocycles. The molecule has 3 unspecified atom stereocenters. The van der Waals surface area contributed by atoms with E-state index in [9.17, 15) is 24.5 Å². The van der Waals surface area contributed by atoms with Crippen molar-refractivity contribution in [1.29, 1.82) is 0 Å². The molecule has 3 aromatic carbocycles. The van der Waals surface area contributed by atoms with E-state index in [1.54, 1.807) is 18.2 Å². The Hall–Kier alpha value is -4.57. The minimum Gasteiger partial charge on any atom is -0.348 e. The van der Waals surface area contributed by atoms with Crippen molar-refractivity contribution in [3.05, 3.63) is 99.6 Å². The molecule has 3 amide bonds. The second-order valence-electron chi connectivity index (χ2n) is 9.92. The number of non-ortho nitro benzene ring substituents is 1.